The van der Waals surface area contributed by atoms with Gasteiger partial charge in [-0.1, -0.05) is 75.8 Å². The Morgan fingerprint density at radius 2 is 1.84 bits per heavy atom. The number of rotatable bonds is 16. The monoisotopic (exact) mass is 504 g/mol. The van der Waals surface area contributed by atoms with Crippen LogP contribution in [0.3, 0.4) is 0 Å². The van der Waals surface area contributed by atoms with Crippen LogP contribution in [0.5, 0.6) is 0 Å². The average Bonchev–Trinajstić information content (AvgIpc) is 2.92. The minimum absolute atomic E-state index is 0.0365. The van der Waals surface area contributed by atoms with Gasteiger partial charge >= 0.3 is 0 Å². The lowest BCUT2D eigenvalue weighted by molar-refractivity contribution is -0.127. The maximum Gasteiger partial charge on any atom is 0.253 e. The van der Waals surface area contributed by atoms with E-state index in [0.717, 1.165) is 37.9 Å². The molecule has 0 aliphatic heterocycles. The van der Waals surface area contributed by atoms with E-state index in [0.29, 0.717) is 30.7 Å². The van der Waals surface area contributed by atoms with Gasteiger partial charge in [-0.2, -0.15) is 5.26 Å². The molecule has 0 heterocycles. The van der Waals surface area contributed by atoms with E-state index >= 15 is 0 Å². The SMILES string of the molecule is C/C=C\C=C(\C#N)C[C@@H](C)[C@H](Cc1ccccc1)N(C)CCN(CCCC)C(=O)C(/C=C(/N)CC)=C/C. The molecule has 0 aromatic heterocycles. The summed E-state index contributed by atoms with van der Waals surface area (Å²) in [7, 11) is 2.14. The molecule has 0 saturated heterocycles. The van der Waals surface area contributed by atoms with Crippen molar-refractivity contribution in [3.63, 3.8) is 0 Å². The first kappa shape index (κ1) is 31.9. The van der Waals surface area contributed by atoms with E-state index in [1.165, 1.54) is 5.56 Å². The molecule has 5 nitrogen and oxygen atoms in total. The molecular formula is C32H48N4O. The Morgan fingerprint density at radius 1 is 1.14 bits per heavy atom. The Bertz CT molecular complexity index is 968. The molecule has 1 aromatic rings. The fraction of sp³-hybridized carbons (Fsp3) is 0.500. The lowest BCUT2D eigenvalue weighted by Crippen LogP contribution is -2.44. The fourth-order valence-electron chi connectivity index (χ4n) is 4.35. The predicted molar refractivity (Wildman–Crippen MR) is 157 cm³/mol. The zero-order valence-corrected chi connectivity index (χ0v) is 23.9. The Balaban J connectivity index is 3.12. The smallest absolute Gasteiger partial charge is 0.253 e. The molecule has 0 fully saturated rings. The van der Waals surface area contributed by atoms with Crippen molar-refractivity contribution in [2.45, 2.75) is 72.8 Å². The molecule has 0 bridgehead atoms. The lowest BCUT2D eigenvalue weighted by atomic mass is 9.88. The maximum atomic E-state index is 13.4. The van der Waals surface area contributed by atoms with Gasteiger partial charge in [-0.15, -0.1) is 0 Å². The van der Waals surface area contributed by atoms with Crippen LogP contribution in [0, 0.1) is 17.2 Å². The van der Waals surface area contributed by atoms with Crippen LogP contribution in [0.2, 0.25) is 0 Å². The molecule has 2 N–H and O–H groups in total. The molecule has 0 saturated carbocycles. The maximum absolute atomic E-state index is 13.4. The number of unbranched alkanes of at least 4 members (excludes halogenated alkanes) is 1. The fourth-order valence-corrected chi connectivity index (χ4v) is 4.35. The van der Waals surface area contributed by atoms with Gasteiger partial charge in [0.25, 0.3) is 5.91 Å². The van der Waals surface area contributed by atoms with Gasteiger partial charge in [0, 0.05) is 42.5 Å². The normalized spacial score (nSPS) is 14.6. The molecular weight excluding hydrogens is 456 g/mol. The van der Waals surface area contributed by atoms with Gasteiger partial charge in [0.1, 0.15) is 0 Å². The number of allylic oxidation sites excluding steroid dienone is 6. The number of benzene rings is 1. The van der Waals surface area contributed by atoms with Gasteiger partial charge in [-0.05, 0) is 70.2 Å². The molecule has 202 valence electrons. The highest BCUT2D eigenvalue weighted by Gasteiger charge is 2.25. The van der Waals surface area contributed by atoms with Crippen LogP contribution in [0.4, 0.5) is 0 Å². The van der Waals surface area contributed by atoms with Crippen molar-refractivity contribution in [1.29, 1.82) is 5.26 Å². The minimum Gasteiger partial charge on any atom is -0.402 e. The zero-order chi connectivity index (χ0) is 27.6. The van der Waals surface area contributed by atoms with E-state index in [9.17, 15) is 10.1 Å². The van der Waals surface area contributed by atoms with Crippen molar-refractivity contribution in [3.8, 4) is 6.07 Å². The number of nitrogens with two attached hydrogens (primary N) is 1. The summed E-state index contributed by atoms with van der Waals surface area (Å²) in [5.41, 5.74) is 9.48. The van der Waals surface area contributed by atoms with Crippen LogP contribution >= 0.6 is 0 Å². The molecule has 2 atom stereocenters. The molecule has 1 amide bonds. The molecule has 1 aromatic carbocycles. The highest BCUT2D eigenvalue weighted by Crippen LogP contribution is 2.23. The van der Waals surface area contributed by atoms with E-state index in [1.54, 1.807) is 0 Å². The van der Waals surface area contributed by atoms with Crippen LogP contribution in [0.1, 0.15) is 65.9 Å². The van der Waals surface area contributed by atoms with Gasteiger partial charge in [-0.3, -0.25) is 4.79 Å². The summed E-state index contributed by atoms with van der Waals surface area (Å²) in [6.45, 7) is 12.3. The minimum atomic E-state index is 0.0365. The van der Waals surface area contributed by atoms with Crippen LogP contribution in [-0.4, -0.2) is 48.4 Å². The Kier molecular flexibility index (Phi) is 15.7. The number of likely N-dealkylation sites (N-methyl/N-ethyl adjacent to an activating group) is 1. The second-order valence-corrected chi connectivity index (χ2v) is 9.71. The van der Waals surface area contributed by atoms with Crippen LogP contribution in [0.15, 0.2) is 77.6 Å². The first-order valence-corrected chi connectivity index (χ1v) is 13.7. The van der Waals surface area contributed by atoms with Crippen molar-refractivity contribution >= 4 is 5.91 Å². The van der Waals surface area contributed by atoms with Crippen molar-refractivity contribution in [3.05, 3.63) is 83.1 Å². The van der Waals surface area contributed by atoms with Gasteiger partial charge in [0.15, 0.2) is 0 Å². The number of carbonyl (C=O) groups is 1. The quantitative estimate of drug-likeness (QED) is 0.160. The topological polar surface area (TPSA) is 73.4 Å². The first-order valence-electron chi connectivity index (χ1n) is 13.7. The van der Waals surface area contributed by atoms with Gasteiger partial charge in [0.2, 0.25) is 0 Å². The summed E-state index contributed by atoms with van der Waals surface area (Å²) in [6.07, 6.45) is 13.8. The number of hydrogen-bond acceptors (Lipinski definition) is 4. The van der Waals surface area contributed by atoms with Crippen LogP contribution < -0.4 is 5.73 Å². The first-order chi connectivity index (χ1) is 17.8. The predicted octanol–water partition coefficient (Wildman–Crippen LogP) is 6.41. The van der Waals surface area contributed by atoms with Crippen molar-refractivity contribution < 1.29 is 4.79 Å². The molecule has 0 radical (unpaired) electrons. The third-order valence-electron chi connectivity index (χ3n) is 6.78. The standard InChI is InChI=1S/C32H48N4O/c1-7-11-16-28(25-33)22-26(5)31(23-27-17-14-13-15-18-27)35(6)20-21-36(19-12-8-2)32(37)29(9-3)24-30(34)10-4/h7,9,11,13-18,24,26,31H,8,10,12,19-23,34H2,1-6H3/b11-7-,28-16+,29-9+,30-24+/t26-,31+/m1/s1. The van der Waals surface area contributed by atoms with E-state index in [4.69, 9.17) is 5.73 Å². The number of nitriles is 1. The van der Waals surface area contributed by atoms with Crippen LogP contribution in [0.25, 0.3) is 0 Å². The number of carbonyl (C=O) groups excluding carboxylic acids is 1. The van der Waals surface area contributed by atoms with Crippen molar-refractivity contribution in [2.24, 2.45) is 11.7 Å². The highest BCUT2D eigenvalue weighted by molar-refractivity contribution is 5.96. The average molecular weight is 505 g/mol. The molecule has 0 spiro atoms. The lowest BCUT2D eigenvalue weighted by Gasteiger charge is -2.35. The second kappa shape index (κ2) is 18.2. The largest absolute Gasteiger partial charge is 0.402 e. The van der Waals surface area contributed by atoms with Crippen molar-refractivity contribution in [1.82, 2.24) is 9.80 Å². The summed E-state index contributed by atoms with van der Waals surface area (Å²) in [6, 6.07) is 13.1. The summed E-state index contributed by atoms with van der Waals surface area (Å²) < 4.78 is 0. The van der Waals surface area contributed by atoms with Gasteiger partial charge in [-0.25, -0.2) is 0 Å². The third-order valence-corrected chi connectivity index (χ3v) is 6.78. The second-order valence-electron chi connectivity index (χ2n) is 9.71. The molecule has 0 aliphatic carbocycles. The Labute approximate surface area is 226 Å². The van der Waals surface area contributed by atoms with E-state index in [-0.39, 0.29) is 17.9 Å². The van der Waals surface area contributed by atoms with E-state index < -0.39 is 0 Å². The molecule has 1 rings (SSSR count). The molecule has 0 aliphatic rings. The number of amides is 1. The number of nitrogens with zero attached hydrogens (tertiary/aromatic N) is 3. The van der Waals surface area contributed by atoms with E-state index in [2.05, 4.69) is 56.1 Å². The summed E-state index contributed by atoms with van der Waals surface area (Å²) in [5.74, 6) is 0.300. The highest BCUT2D eigenvalue weighted by atomic mass is 16.2. The Morgan fingerprint density at radius 3 is 2.41 bits per heavy atom. The third kappa shape index (κ3) is 11.7. The summed E-state index contributed by atoms with van der Waals surface area (Å²) >= 11 is 0. The molecule has 5 heteroatoms. The van der Waals surface area contributed by atoms with Crippen molar-refractivity contribution in [2.75, 3.05) is 26.7 Å². The zero-order valence-electron chi connectivity index (χ0n) is 23.9. The summed E-state index contributed by atoms with van der Waals surface area (Å²) in [5, 5.41) is 9.66. The van der Waals surface area contributed by atoms with E-state index in [1.807, 2.05) is 62.1 Å². The molecule has 0 unspecified atom stereocenters. The van der Waals surface area contributed by atoms with Gasteiger partial charge in [0.05, 0.1) is 6.07 Å². The van der Waals surface area contributed by atoms with Crippen LogP contribution in [-0.2, 0) is 11.2 Å². The Hall–Kier alpha value is -3.10. The van der Waals surface area contributed by atoms with Gasteiger partial charge < -0.3 is 15.5 Å². The number of hydrogen-bond donors (Lipinski definition) is 1. The summed E-state index contributed by atoms with van der Waals surface area (Å²) in [4.78, 5) is 17.7. The molecule has 37 heavy (non-hydrogen) atoms.